The number of hydrogen-bond acceptors (Lipinski definition) is 6. The molecule has 9 heteroatoms. The summed E-state index contributed by atoms with van der Waals surface area (Å²) >= 11 is -8.12. The van der Waals surface area contributed by atoms with Gasteiger partial charge in [0.15, 0.2) is 0 Å². The van der Waals surface area contributed by atoms with Crippen molar-refractivity contribution in [3.05, 3.63) is 0 Å². The average Bonchev–Trinajstić information content (AvgIpc) is 1.57. The molecule has 8 nitrogen and oxygen atoms in total. The van der Waals surface area contributed by atoms with E-state index in [4.69, 9.17) is 22.6 Å². The molecule has 0 spiro atoms. The molecule has 0 heterocycles. The predicted molar refractivity (Wildman–Crippen MR) is 40.2 cm³/mol. The molecule has 0 aliphatic rings. The summed E-state index contributed by atoms with van der Waals surface area (Å²) in [5.74, 6) is 0. The molecule has 0 aliphatic heterocycles. The fourth-order valence-corrected chi connectivity index (χ4v) is 0. The molecule has 0 bridgehead atoms. The van der Waals surface area contributed by atoms with E-state index in [1.54, 1.807) is 0 Å². The molecule has 0 radical (unpaired) electrons. The molecule has 94 valence electrons. The van der Waals surface area contributed by atoms with Crippen LogP contribution in [-0.2, 0) is 15.8 Å². The van der Waals surface area contributed by atoms with Crippen molar-refractivity contribution in [3.63, 3.8) is 0 Å². The monoisotopic (exact) mass is 389 g/mol. The summed E-state index contributed by atoms with van der Waals surface area (Å²) in [6, 6.07) is 0. The second-order valence-corrected chi connectivity index (χ2v) is 8.77. The first-order chi connectivity index (χ1) is 5.28. The van der Waals surface area contributed by atoms with Crippen molar-refractivity contribution in [1.29, 1.82) is 0 Å². The van der Waals surface area contributed by atoms with E-state index >= 15 is 0 Å². The summed E-state index contributed by atoms with van der Waals surface area (Å²) in [7, 11) is 0. The Morgan fingerprint density at radius 3 is 0.769 bits per heavy atom. The van der Waals surface area contributed by atoms with Gasteiger partial charge >= 0.3 is 38.4 Å². The van der Waals surface area contributed by atoms with Crippen molar-refractivity contribution in [2.45, 2.75) is 13.8 Å². The van der Waals surface area contributed by atoms with Gasteiger partial charge in [0.05, 0.1) is 13.1 Å². The molecule has 0 aromatic heterocycles. The van der Waals surface area contributed by atoms with Crippen LogP contribution >= 0.6 is 0 Å². The normalized spacial score (nSPS) is 15.2. The van der Waals surface area contributed by atoms with Gasteiger partial charge in [0.2, 0.25) is 0 Å². The van der Waals surface area contributed by atoms with Crippen LogP contribution in [0.25, 0.3) is 0 Å². The van der Waals surface area contributed by atoms with E-state index in [2.05, 4.69) is 11.5 Å². The van der Waals surface area contributed by atoms with Crippen LogP contribution in [0.2, 0.25) is 0 Å². The average molecular weight is 389 g/mol. The summed E-state index contributed by atoms with van der Waals surface area (Å²) in [5, 5.41) is 0. The standard InChI is InChI=1S/2C2H7N.6H2O.Pt/c2*1-2-3;;;;;;;/h2*2-3H2,1H3;6*1H2;/q;;;;;;;;+4/p-4. The molecule has 0 aliphatic carbocycles. The van der Waals surface area contributed by atoms with E-state index in [9.17, 15) is 0 Å². The first-order valence-electron chi connectivity index (χ1n) is 3.26. The van der Waals surface area contributed by atoms with Gasteiger partial charge in [-0.25, -0.2) is 0 Å². The van der Waals surface area contributed by atoms with Crippen LogP contribution in [0, 0.1) is 0 Å². The Kier molecular flexibility index (Phi) is 7.75. The van der Waals surface area contributed by atoms with Crippen molar-refractivity contribution in [2.24, 2.45) is 0 Å². The fraction of sp³-hybridized carbons (Fsp3) is 1.00. The molecule has 0 aromatic rings. The molecule has 0 aromatic carbocycles. The predicted octanol–water partition coefficient (Wildman–Crippen LogP) is -4.85. The number of hydrogen-bond donors (Lipinski definition) is 8. The summed E-state index contributed by atoms with van der Waals surface area (Å²) in [6.07, 6.45) is 0. The van der Waals surface area contributed by atoms with E-state index in [-0.39, 0.29) is 0 Å². The van der Waals surface area contributed by atoms with E-state index in [1.165, 1.54) is 0 Å². The van der Waals surface area contributed by atoms with Gasteiger partial charge in [-0.1, -0.05) is 0 Å². The van der Waals surface area contributed by atoms with Gasteiger partial charge in [-0.3, -0.25) is 0 Å². The second-order valence-electron chi connectivity index (χ2n) is 1.95. The summed E-state index contributed by atoms with van der Waals surface area (Å²) in [5.41, 5.74) is 6.97. The van der Waals surface area contributed by atoms with E-state index in [0.29, 0.717) is 0 Å². The first kappa shape index (κ1) is 19.0. The van der Waals surface area contributed by atoms with Crippen molar-refractivity contribution in [1.82, 2.24) is 0 Å². The molecule has 0 rings (SSSR count). The van der Waals surface area contributed by atoms with Gasteiger partial charge in [0.25, 0.3) is 0 Å². The van der Waals surface area contributed by atoms with Crippen LogP contribution in [-0.4, -0.2) is 35.6 Å². The Bertz CT molecular complexity index is 101. The summed E-state index contributed by atoms with van der Waals surface area (Å²) < 4.78 is 44.5. The third-order valence-corrected chi connectivity index (χ3v) is 0. The summed E-state index contributed by atoms with van der Waals surface area (Å²) in [6.45, 7) is 6.03. The van der Waals surface area contributed by atoms with Crippen LogP contribution in [0.1, 0.15) is 13.8 Å². The Balaban J connectivity index is -0.000000140. The number of quaternary nitrogens is 2. The van der Waals surface area contributed by atoms with Crippen LogP contribution in [0.3, 0.4) is 0 Å². The fourth-order valence-electron chi connectivity index (χ4n) is 0. The third kappa shape index (κ3) is 9800. The van der Waals surface area contributed by atoms with E-state index in [1.807, 2.05) is 13.8 Å². The Hall–Kier alpha value is 0.368. The van der Waals surface area contributed by atoms with Gasteiger partial charge in [-0.05, 0) is 13.8 Å². The van der Waals surface area contributed by atoms with Gasteiger partial charge in [-0.15, -0.1) is 0 Å². The molecule has 0 atom stereocenters. The van der Waals surface area contributed by atoms with Gasteiger partial charge in [0.1, 0.15) is 0 Å². The van der Waals surface area contributed by atoms with Gasteiger partial charge < -0.3 is 11.5 Å². The molecular formula is C4H22N2O6Pt. The Morgan fingerprint density at radius 1 is 0.769 bits per heavy atom. The minimum absolute atomic E-state index is 1.00. The van der Waals surface area contributed by atoms with Crippen LogP contribution in [0.4, 0.5) is 0 Å². The van der Waals surface area contributed by atoms with Crippen molar-refractivity contribution in [3.8, 4) is 0 Å². The van der Waals surface area contributed by atoms with Crippen LogP contribution in [0.15, 0.2) is 0 Å². The Labute approximate surface area is 77.3 Å². The SMILES string of the molecule is CC[NH3+].CC[NH3+].[OH][Pt-2]([OH])([OH])([OH])([OH])[OH]. The third-order valence-electron chi connectivity index (χ3n) is 0. The molecule has 13 heavy (non-hydrogen) atoms. The zero-order chi connectivity index (χ0) is 11.8. The van der Waals surface area contributed by atoms with Crippen molar-refractivity contribution in [2.75, 3.05) is 13.1 Å². The van der Waals surface area contributed by atoms with Crippen molar-refractivity contribution < 1.29 is 49.9 Å². The molecule has 0 amide bonds. The minimum atomic E-state index is -8.12. The van der Waals surface area contributed by atoms with Crippen LogP contribution < -0.4 is 11.5 Å². The molecule has 12 N–H and O–H groups in total. The molecular weight excluding hydrogens is 367 g/mol. The molecule has 0 unspecified atom stereocenters. The quantitative estimate of drug-likeness (QED) is 0.206. The maximum absolute atomic E-state index is 8.12. The van der Waals surface area contributed by atoms with E-state index < -0.39 is 15.8 Å². The van der Waals surface area contributed by atoms with Crippen LogP contribution in [0.5, 0.6) is 0 Å². The zero-order valence-electron chi connectivity index (χ0n) is 7.83. The molecule has 0 fully saturated rings. The maximum atomic E-state index is 7.41. The molecule has 0 saturated heterocycles. The number of rotatable bonds is 0. The van der Waals surface area contributed by atoms with Gasteiger partial charge in [0, 0.05) is 0 Å². The van der Waals surface area contributed by atoms with Crippen molar-refractivity contribution >= 4 is 0 Å². The van der Waals surface area contributed by atoms with E-state index in [0.717, 1.165) is 13.1 Å². The molecule has 0 saturated carbocycles. The van der Waals surface area contributed by atoms with Gasteiger partial charge in [-0.2, -0.15) is 0 Å². The Morgan fingerprint density at radius 2 is 0.769 bits per heavy atom. The zero-order valence-corrected chi connectivity index (χ0v) is 10.1. The topological polar surface area (TPSA) is 177 Å². The first-order valence-corrected chi connectivity index (χ1v) is 9.36. The summed E-state index contributed by atoms with van der Waals surface area (Å²) in [4.78, 5) is 0. The second kappa shape index (κ2) is 5.30.